The summed E-state index contributed by atoms with van der Waals surface area (Å²) in [7, 11) is 1.51. The van der Waals surface area contributed by atoms with Crippen LogP contribution in [0, 0.1) is 0 Å². The number of carbonyl (C=O) groups excluding carboxylic acids is 2. The van der Waals surface area contributed by atoms with Crippen molar-refractivity contribution in [2.24, 2.45) is 0 Å². The van der Waals surface area contributed by atoms with Crippen LogP contribution in [-0.2, 0) is 11.2 Å². The number of ether oxygens (including phenoxy) is 1. The van der Waals surface area contributed by atoms with E-state index in [0.717, 1.165) is 19.1 Å². The van der Waals surface area contributed by atoms with Gasteiger partial charge in [0.05, 0.1) is 18.2 Å². The number of hydrogen-bond acceptors (Lipinski definition) is 3. The van der Waals surface area contributed by atoms with Gasteiger partial charge in [0.15, 0.2) is 0 Å². The predicted molar refractivity (Wildman–Crippen MR) is 94.7 cm³/mol. The molecule has 0 unspecified atom stereocenters. The number of carbonyl (C=O) groups is 2. The number of hydrogen-bond donors (Lipinski definition) is 1. The van der Waals surface area contributed by atoms with Crippen molar-refractivity contribution in [1.29, 1.82) is 0 Å². The highest BCUT2D eigenvalue weighted by atomic mass is 35.5. The fourth-order valence-corrected chi connectivity index (χ4v) is 2.66. The lowest BCUT2D eigenvalue weighted by Crippen LogP contribution is -2.36. The SMILES string of the molecule is COc1ccc(C(=O)N[C@@H](C=O)CCCc2ccccc2)cc1Cl. The van der Waals surface area contributed by atoms with Crippen LogP contribution in [0.3, 0.4) is 0 Å². The fourth-order valence-electron chi connectivity index (χ4n) is 2.40. The molecule has 0 spiro atoms. The van der Waals surface area contributed by atoms with Crippen LogP contribution in [0.1, 0.15) is 28.8 Å². The number of methoxy groups -OCH3 is 1. The molecule has 0 saturated carbocycles. The summed E-state index contributed by atoms with van der Waals surface area (Å²) < 4.78 is 5.06. The molecule has 5 heteroatoms. The van der Waals surface area contributed by atoms with E-state index in [0.29, 0.717) is 22.8 Å². The minimum atomic E-state index is -0.512. The third kappa shape index (κ3) is 5.10. The maximum Gasteiger partial charge on any atom is 0.251 e. The number of aldehydes is 1. The smallest absolute Gasteiger partial charge is 0.251 e. The van der Waals surface area contributed by atoms with Crippen LogP contribution in [0.4, 0.5) is 0 Å². The first-order valence-electron chi connectivity index (χ1n) is 7.77. The average Bonchev–Trinajstić information content (AvgIpc) is 2.61. The number of aryl methyl sites for hydroxylation is 1. The molecular weight excluding hydrogens is 326 g/mol. The second-order valence-corrected chi connectivity index (χ2v) is 5.85. The maximum atomic E-state index is 12.2. The molecule has 0 bridgehead atoms. The number of nitrogens with one attached hydrogen (secondary N) is 1. The molecule has 2 aromatic carbocycles. The summed E-state index contributed by atoms with van der Waals surface area (Å²) in [6, 6.07) is 14.3. The van der Waals surface area contributed by atoms with E-state index in [1.54, 1.807) is 12.1 Å². The molecule has 1 atom stereocenters. The number of amides is 1. The zero-order valence-electron chi connectivity index (χ0n) is 13.5. The van der Waals surface area contributed by atoms with Crippen LogP contribution in [0.25, 0.3) is 0 Å². The Morgan fingerprint density at radius 1 is 1.25 bits per heavy atom. The van der Waals surface area contributed by atoms with E-state index in [1.165, 1.54) is 18.7 Å². The van der Waals surface area contributed by atoms with Gasteiger partial charge in [0.2, 0.25) is 0 Å². The predicted octanol–water partition coefficient (Wildman–Crippen LogP) is 3.67. The third-order valence-electron chi connectivity index (χ3n) is 3.72. The van der Waals surface area contributed by atoms with Crippen molar-refractivity contribution >= 4 is 23.8 Å². The third-order valence-corrected chi connectivity index (χ3v) is 4.01. The van der Waals surface area contributed by atoms with Gasteiger partial charge in [0.1, 0.15) is 12.0 Å². The van der Waals surface area contributed by atoms with Crippen LogP contribution in [0.2, 0.25) is 5.02 Å². The molecule has 2 aromatic rings. The molecule has 0 aromatic heterocycles. The first kappa shape index (κ1) is 18.0. The zero-order valence-corrected chi connectivity index (χ0v) is 14.3. The summed E-state index contributed by atoms with van der Waals surface area (Å²) in [5.74, 6) is 0.180. The van der Waals surface area contributed by atoms with Gasteiger partial charge in [-0.15, -0.1) is 0 Å². The van der Waals surface area contributed by atoms with Crippen molar-refractivity contribution in [2.45, 2.75) is 25.3 Å². The topological polar surface area (TPSA) is 55.4 Å². The van der Waals surface area contributed by atoms with Crippen LogP contribution >= 0.6 is 11.6 Å². The summed E-state index contributed by atoms with van der Waals surface area (Å²) in [6.45, 7) is 0. The lowest BCUT2D eigenvalue weighted by Gasteiger charge is -2.13. The molecular formula is C19H20ClNO3. The Labute approximate surface area is 146 Å². The van der Waals surface area contributed by atoms with Crippen molar-refractivity contribution in [3.05, 3.63) is 64.7 Å². The lowest BCUT2D eigenvalue weighted by atomic mass is 10.0. The van der Waals surface area contributed by atoms with Crippen molar-refractivity contribution in [2.75, 3.05) is 7.11 Å². The fraction of sp³-hybridized carbons (Fsp3) is 0.263. The Morgan fingerprint density at radius 2 is 2.00 bits per heavy atom. The van der Waals surface area contributed by atoms with E-state index < -0.39 is 6.04 Å². The van der Waals surface area contributed by atoms with Crippen LogP contribution in [-0.4, -0.2) is 25.3 Å². The van der Waals surface area contributed by atoms with Crippen LogP contribution < -0.4 is 10.1 Å². The van der Waals surface area contributed by atoms with E-state index in [4.69, 9.17) is 16.3 Å². The van der Waals surface area contributed by atoms with E-state index in [1.807, 2.05) is 30.3 Å². The molecule has 0 aliphatic rings. The van der Waals surface area contributed by atoms with Gasteiger partial charge in [0, 0.05) is 5.56 Å². The number of halogens is 1. The standard InChI is InChI=1S/C19H20ClNO3/c1-24-18-11-10-15(12-17(18)20)19(23)21-16(13-22)9-5-8-14-6-3-2-4-7-14/h2-4,6-7,10-13,16H,5,8-9H2,1H3,(H,21,23)/t16-/m1/s1. The second kappa shape index (κ2) is 9.08. The lowest BCUT2D eigenvalue weighted by molar-refractivity contribution is -0.109. The Kier molecular flexibility index (Phi) is 6.82. The molecule has 0 heterocycles. The maximum absolute atomic E-state index is 12.2. The molecule has 0 saturated heterocycles. The van der Waals surface area contributed by atoms with Gasteiger partial charge in [-0.3, -0.25) is 4.79 Å². The van der Waals surface area contributed by atoms with Crippen molar-refractivity contribution in [3.8, 4) is 5.75 Å². The Morgan fingerprint density at radius 3 is 2.62 bits per heavy atom. The summed E-state index contributed by atoms with van der Waals surface area (Å²) in [5.41, 5.74) is 1.62. The van der Waals surface area contributed by atoms with E-state index >= 15 is 0 Å². The van der Waals surface area contributed by atoms with E-state index in [9.17, 15) is 9.59 Å². The molecule has 0 radical (unpaired) electrons. The van der Waals surface area contributed by atoms with Gasteiger partial charge in [-0.05, 0) is 43.0 Å². The first-order chi connectivity index (χ1) is 11.6. The Bertz CT molecular complexity index is 688. The monoisotopic (exact) mass is 345 g/mol. The molecule has 2 rings (SSSR count). The highest BCUT2D eigenvalue weighted by Gasteiger charge is 2.14. The minimum absolute atomic E-state index is 0.323. The normalized spacial score (nSPS) is 11.6. The number of rotatable bonds is 8. The van der Waals surface area contributed by atoms with Crippen LogP contribution in [0.15, 0.2) is 48.5 Å². The molecule has 0 aliphatic carbocycles. The van der Waals surface area contributed by atoms with Gasteiger partial charge in [-0.25, -0.2) is 0 Å². The Balaban J connectivity index is 1.88. The largest absolute Gasteiger partial charge is 0.495 e. The zero-order chi connectivity index (χ0) is 17.4. The van der Waals surface area contributed by atoms with Crippen molar-refractivity contribution in [3.63, 3.8) is 0 Å². The van der Waals surface area contributed by atoms with Gasteiger partial charge in [-0.1, -0.05) is 41.9 Å². The Hall–Kier alpha value is -2.33. The quantitative estimate of drug-likeness (QED) is 0.743. The highest BCUT2D eigenvalue weighted by Crippen LogP contribution is 2.24. The van der Waals surface area contributed by atoms with E-state index in [-0.39, 0.29) is 5.91 Å². The van der Waals surface area contributed by atoms with E-state index in [2.05, 4.69) is 5.32 Å². The minimum Gasteiger partial charge on any atom is -0.495 e. The molecule has 4 nitrogen and oxygen atoms in total. The summed E-state index contributed by atoms with van der Waals surface area (Å²) in [6.07, 6.45) is 3.05. The second-order valence-electron chi connectivity index (χ2n) is 5.44. The average molecular weight is 346 g/mol. The summed E-state index contributed by atoms with van der Waals surface area (Å²) in [4.78, 5) is 23.5. The molecule has 1 amide bonds. The van der Waals surface area contributed by atoms with Gasteiger partial charge >= 0.3 is 0 Å². The summed E-state index contributed by atoms with van der Waals surface area (Å²) in [5, 5.41) is 3.09. The molecule has 126 valence electrons. The summed E-state index contributed by atoms with van der Waals surface area (Å²) >= 11 is 6.02. The number of benzene rings is 2. The molecule has 24 heavy (non-hydrogen) atoms. The molecule has 1 N–H and O–H groups in total. The van der Waals surface area contributed by atoms with Gasteiger partial charge in [-0.2, -0.15) is 0 Å². The highest BCUT2D eigenvalue weighted by molar-refractivity contribution is 6.32. The van der Waals surface area contributed by atoms with Gasteiger partial charge < -0.3 is 14.8 Å². The first-order valence-corrected chi connectivity index (χ1v) is 8.15. The van der Waals surface area contributed by atoms with Crippen LogP contribution in [0.5, 0.6) is 5.75 Å². The van der Waals surface area contributed by atoms with Crippen molar-refractivity contribution in [1.82, 2.24) is 5.32 Å². The van der Waals surface area contributed by atoms with Gasteiger partial charge in [0.25, 0.3) is 5.91 Å². The van der Waals surface area contributed by atoms with Crippen molar-refractivity contribution < 1.29 is 14.3 Å². The molecule has 0 aliphatic heterocycles. The molecule has 0 fully saturated rings.